The van der Waals surface area contributed by atoms with E-state index in [0.29, 0.717) is 17.6 Å². The van der Waals surface area contributed by atoms with Crippen LogP contribution in [0, 0.1) is 0 Å². The van der Waals surface area contributed by atoms with Crippen LogP contribution in [0.5, 0.6) is 0 Å². The van der Waals surface area contributed by atoms with Gasteiger partial charge < -0.3 is 14.5 Å². The molecule has 0 radical (unpaired) electrons. The van der Waals surface area contributed by atoms with E-state index in [2.05, 4.69) is 5.32 Å². The maximum absolute atomic E-state index is 12.0. The second-order valence-corrected chi connectivity index (χ2v) is 5.88. The highest BCUT2D eigenvalue weighted by molar-refractivity contribution is 6.11. The predicted molar refractivity (Wildman–Crippen MR) is 98.9 cm³/mol. The first-order valence-electron chi connectivity index (χ1n) is 8.52. The minimum Gasteiger partial charge on any atom is -0.461 e. The fraction of sp³-hybridized carbons (Fsp3) is 0.300. The number of rotatable bonds is 6. The van der Waals surface area contributed by atoms with Crippen molar-refractivity contribution >= 4 is 33.4 Å². The van der Waals surface area contributed by atoms with Crippen molar-refractivity contribution in [2.24, 2.45) is 0 Å². The molecule has 0 aliphatic rings. The standard InChI is InChI=1S/C20H21NO4/c1-3-7-18(22)24-12-13-10-19(23)25-20-15-9-6-5-8-14(15)17(21-4-2)11-16(13)20/h5-6,8-11,21H,3-4,7,12H2,1-2H3. The molecule has 5 heteroatoms. The maximum Gasteiger partial charge on any atom is 0.336 e. The van der Waals surface area contributed by atoms with Crippen LogP contribution in [0.25, 0.3) is 21.7 Å². The fourth-order valence-electron chi connectivity index (χ4n) is 2.94. The highest BCUT2D eigenvalue weighted by atomic mass is 16.5. The van der Waals surface area contributed by atoms with Crippen molar-refractivity contribution in [3.05, 3.63) is 52.4 Å². The number of fused-ring (bicyclic) bond motifs is 3. The van der Waals surface area contributed by atoms with Crippen LogP contribution in [0.15, 0.2) is 45.6 Å². The Bertz CT molecular complexity index is 974. The zero-order valence-electron chi connectivity index (χ0n) is 14.4. The van der Waals surface area contributed by atoms with Crippen LogP contribution in [0.3, 0.4) is 0 Å². The average Bonchev–Trinajstić information content (AvgIpc) is 2.61. The number of hydrogen-bond donors (Lipinski definition) is 1. The van der Waals surface area contributed by atoms with E-state index in [9.17, 15) is 9.59 Å². The SMILES string of the molecule is CCCC(=O)OCc1cc(=O)oc2c1cc(NCC)c1ccccc12. The summed E-state index contributed by atoms with van der Waals surface area (Å²) in [7, 11) is 0. The lowest BCUT2D eigenvalue weighted by Crippen LogP contribution is -2.08. The van der Waals surface area contributed by atoms with Crippen molar-refractivity contribution in [1.82, 2.24) is 0 Å². The van der Waals surface area contributed by atoms with E-state index in [1.165, 1.54) is 6.07 Å². The lowest BCUT2D eigenvalue weighted by atomic mass is 10.0. The lowest BCUT2D eigenvalue weighted by molar-refractivity contribution is -0.144. The van der Waals surface area contributed by atoms with Gasteiger partial charge in [-0.1, -0.05) is 31.2 Å². The van der Waals surface area contributed by atoms with E-state index >= 15 is 0 Å². The van der Waals surface area contributed by atoms with Crippen molar-refractivity contribution in [1.29, 1.82) is 0 Å². The number of hydrogen-bond acceptors (Lipinski definition) is 5. The first-order chi connectivity index (χ1) is 12.1. The molecule has 0 aliphatic heterocycles. The molecular weight excluding hydrogens is 318 g/mol. The van der Waals surface area contributed by atoms with E-state index < -0.39 is 5.63 Å². The van der Waals surface area contributed by atoms with Crippen LogP contribution >= 0.6 is 0 Å². The molecule has 1 N–H and O–H groups in total. The summed E-state index contributed by atoms with van der Waals surface area (Å²) < 4.78 is 10.8. The summed E-state index contributed by atoms with van der Waals surface area (Å²) in [5.41, 5.74) is 1.68. The van der Waals surface area contributed by atoms with Crippen LogP contribution < -0.4 is 10.9 Å². The molecule has 0 unspecified atom stereocenters. The predicted octanol–water partition coefficient (Wildman–Crippen LogP) is 4.22. The molecule has 3 aromatic rings. The molecule has 1 heterocycles. The molecule has 0 fully saturated rings. The third-order valence-corrected chi connectivity index (χ3v) is 4.05. The molecule has 0 saturated carbocycles. The molecule has 25 heavy (non-hydrogen) atoms. The quantitative estimate of drug-likeness (QED) is 0.414. The Morgan fingerprint density at radius 2 is 1.88 bits per heavy atom. The van der Waals surface area contributed by atoms with Crippen LogP contribution in [-0.2, 0) is 16.1 Å². The summed E-state index contributed by atoms with van der Waals surface area (Å²) in [6, 6.07) is 11.1. The first-order valence-corrected chi connectivity index (χ1v) is 8.52. The Morgan fingerprint density at radius 3 is 2.60 bits per heavy atom. The van der Waals surface area contributed by atoms with Crippen LogP contribution in [0.4, 0.5) is 5.69 Å². The number of esters is 1. The van der Waals surface area contributed by atoms with E-state index in [0.717, 1.165) is 34.8 Å². The number of nitrogens with one attached hydrogen (secondary N) is 1. The second kappa shape index (κ2) is 7.38. The molecule has 0 saturated heterocycles. The minimum absolute atomic E-state index is 0.0604. The zero-order valence-corrected chi connectivity index (χ0v) is 14.4. The number of carbonyl (C=O) groups is 1. The van der Waals surface area contributed by atoms with Gasteiger partial charge in [0.05, 0.1) is 0 Å². The number of anilines is 1. The van der Waals surface area contributed by atoms with Gasteiger partial charge in [-0.2, -0.15) is 0 Å². The van der Waals surface area contributed by atoms with Crippen LogP contribution in [-0.4, -0.2) is 12.5 Å². The molecule has 0 amide bonds. The second-order valence-electron chi connectivity index (χ2n) is 5.88. The maximum atomic E-state index is 12.0. The monoisotopic (exact) mass is 339 g/mol. The number of benzene rings is 2. The van der Waals surface area contributed by atoms with Gasteiger partial charge in [0.25, 0.3) is 0 Å². The fourth-order valence-corrected chi connectivity index (χ4v) is 2.94. The van der Waals surface area contributed by atoms with Gasteiger partial charge >= 0.3 is 11.6 Å². The van der Waals surface area contributed by atoms with Crippen molar-refractivity contribution in [2.45, 2.75) is 33.3 Å². The molecule has 0 bridgehead atoms. The lowest BCUT2D eigenvalue weighted by Gasteiger charge is -2.13. The van der Waals surface area contributed by atoms with Gasteiger partial charge in [-0.05, 0) is 19.4 Å². The third-order valence-electron chi connectivity index (χ3n) is 4.05. The Kier molecular flexibility index (Phi) is 5.03. The van der Waals surface area contributed by atoms with Crippen molar-refractivity contribution in [3.8, 4) is 0 Å². The molecule has 1 aromatic heterocycles. The van der Waals surface area contributed by atoms with Gasteiger partial charge in [-0.15, -0.1) is 0 Å². The van der Waals surface area contributed by atoms with Crippen LogP contribution in [0.1, 0.15) is 32.3 Å². The smallest absolute Gasteiger partial charge is 0.336 e. The van der Waals surface area contributed by atoms with Gasteiger partial charge in [-0.3, -0.25) is 4.79 Å². The summed E-state index contributed by atoms with van der Waals surface area (Å²) in [5.74, 6) is -0.267. The summed E-state index contributed by atoms with van der Waals surface area (Å²) in [4.78, 5) is 23.7. The van der Waals surface area contributed by atoms with Gasteiger partial charge in [0.15, 0.2) is 0 Å². The van der Waals surface area contributed by atoms with Crippen molar-refractivity contribution in [3.63, 3.8) is 0 Å². The Labute approximate surface area is 145 Å². The number of carbonyl (C=O) groups excluding carboxylic acids is 1. The molecule has 0 aliphatic carbocycles. The van der Waals surface area contributed by atoms with E-state index in [1.807, 2.05) is 44.2 Å². The van der Waals surface area contributed by atoms with Crippen molar-refractivity contribution in [2.75, 3.05) is 11.9 Å². The van der Waals surface area contributed by atoms with Crippen molar-refractivity contribution < 1.29 is 13.9 Å². The Morgan fingerprint density at radius 1 is 1.12 bits per heavy atom. The van der Waals surface area contributed by atoms with E-state index in [4.69, 9.17) is 9.15 Å². The topological polar surface area (TPSA) is 68.5 Å². The van der Waals surface area contributed by atoms with Gasteiger partial charge in [-0.25, -0.2) is 4.79 Å². The summed E-state index contributed by atoms with van der Waals surface area (Å²) in [6.45, 7) is 4.78. The molecule has 3 rings (SSSR count). The van der Waals surface area contributed by atoms with Gasteiger partial charge in [0.2, 0.25) is 0 Å². The number of ether oxygens (including phenoxy) is 1. The highest BCUT2D eigenvalue weighted by Gasteiger charge is 2.14. The molecule has 0 atom stereocenters. The molecule has 130 valence electrons. The van der Waals surface area contributed by atoms with E-state index in [1.54, 1.807) is 0 Å². The molecule has 5 nitrogen and oxygen atoms in total. The summed E-state index contributed by atoms with van der Waals surface area (Å²) >= 11 is 0. The normalized spacial score (nSPS) is 11.0. The highest BCUT2D eigenvalue weighted by Crippen LogP contribution is 2.33. The molecular formula is C20H21NO4. The van der Waals surface area contributed by atoms with E-state index in [-0.39, 0.29) is 12.6 Å². The third kappa shape index (κ3) is 3.50. The molecule has 2 aromatic carbocycles. The summed E-state index contributed by atoms with van der Waals surface area (Å²) in [5, 5.41) is 5.96. The summed E-state index contributed by atoms with van der Waals surface area (Å²) in [6.07, 6.45) is 1.09. The first kappa shape index (κ1) is 17.0. The Hall–Kier alpha value is -2.82. The van der Waals surface area contributed by atoms with Gasteiger partial charge in [0.1, 0.15) is 12.2 Å². The molecule has 0 spiro atoms. The average molecular weight is 339 g/mol. The Balaban J connectivity index is 2.17. The zero-order chi connectivity index (χ0) is 17.8. The van der Waals surface area contributed by atoms with Crippen LogP contribution in [0.2, 0.25) is 0 Å². The minimum atomic E-state index is -0.449. The largest absolute Gasteiger partial charge is 0.461 e. The van der Waals surface area contributed by atoms with Gasteiger partial charge in [0, 0.05) is 46.4 Å².